The zero-order valence-corrected chi connectivity index (χ0v) is 19.9. The number of rotatable bonds is 7. The lowest BCUT2D eigenvalue weighted by Crippen LogP contribution is -2.21. The highest BCUT2D eigenvalue weighted by Gasteiger charge is 2.25. The maximum Gasteiger partial charge on any atom is 0.338 e. The van der Waals surface area contributed by atoms with E-state index >= 15 is 0 Å². The number of para-hydroxylation sites is 2. The van der Waals surface area contributed by atoms with E-state index in [2.05, 4.69) is 17.2 Å². The molecule has 0 spiro atoms. The van der Waals surface area contributed by atoms with Gasteiger partial charge >= 0.3 is 5.97 Å². The van der Waals surface area contributed by atoms with Crippen LogP contribution in [0.25, 0.3) is 5.57 Å². The first-order chi connectivity index (χ1) is 18.1. The number of hydrogen-bond acceptors (Lipinski definition) is 9. The van der Waals surface area contributed by atoms with E-state index in [4.69, 9.17) is 4.74 Å². The predicted octanol–water partition coefficient (Wildman–Crippen LogP) is 4.45. The molecule has 0 atom stereocenters. The number of nitrogens with zero attached hydrogens (tertiary/aromatic N) is 2. The summed E-state index contributed by atoms with van der Waals surface area (Å²) < 4.78 is 4.94. The molecule has 1 aliphatic heterocycles. The number of nitro groups is 2. The van der Waals surface area contributed by atoms with Crippen molar-refractivity contribution < 1.29 is 29.0 Å². The Balaban J connectivity index is 0.000000279. The molecule has 2 amide bonds. The summed E-state index contributed by atoms with van der Waals surface area (Å²) >= 11 is 0. The smallest absolute Gasteiger partial charge is 0.338 e. The number of carbonyl (C=O) groups is 3. The van der Waals surface area contributed by atoms with Crippen molar-refractivity contribution in [3.63, 3.8) is 0 Å². The molecule has 3 aromatic rings. The highest BCUT2D eigenvalue weighted by atomic mass is 16.6. The molecule has 0 radical (unpaired) electrons. The van der Waals surface area contributed by atoms with Crippen molar-refractivity contribution in [3.8, 4) is 5.75 Å². The van der Waals surface area contributed by atoms with Gasteiger partial charge in [-0.15, -0.1) is 0 Å². The van der Waals surface area contributed by atoms with Crippen LogP contribution in [0.1, 0.15) is 12.5 Å². The molecule has 4 rings (SSSR count). The second-order valence-electron chi connectivity index (χ2n) is 7.75. The van der Waals surface area contributed by atoms with Gasteiger partial charge in [-0.25, -0.2) is 4.79 Å². The van der Waals surface area contributed by atoms with Crippen LogP contribution < -0.4 is 15.4 Å². The van der Waals surface area contributed by atoms with E-state index < -0.39 is 33.0 Å². The summed E-state index contributed by atoms with van der Waals surface area (Å²) in [4.78, 5) is 54.8. The van der Waals surface area contributed by atoms with Crippen molar-refractivity contribution in [2.75, 3.05) is 5.32 Å². The largest absolute Gasteiger partial charge is 0.423 e. The summed E-state index contributed by atoms with van der Waals surface area (Å²) in [5.74, 6) is -0.977. The number of hydrogen-bond donors (Lipinski definition) is 2. The van der Waals surface area contributed by atoms with Crippen LogP contribution >= 0.6 is 0 Å². The Bertz CT molecular complexity index is 1480. The molecular weight excluding hydrogens is 496 g/mol. The van der Waals surface area contributed by atoms with Crippen LogP contribution in [-0.4, -0.2) is 27.6 Å². The van der Waals surface area contributed by atoms with Gasteiger partial charge in [0.2, 0.25) is 0 Å². The normalized spacial score (nSPS) is 11.9. The fourth-order valence-corrected chi connectivity index (χ4v) is 3.16. The Hall–Kier alpha value is -5.65. The Morgan fingerprint density at radius 2 is 1.58 bits per heavy atom. The fourth-order valence-electron chi connectivity index (χ4n) is 3.16. The first kappa shape index (κ1) is 26.9. The minimum absolute atomic E-state index is 0.0124. The minimum Gasteiger partial charge on any atom is -0.423 e. The van der Waals surface area contributed by atoms with Crippen molar-refractivity contribution in [1.29, 1.82) is 0 Å². The molecule has 12 heteroatoms. The summed E-state index contributed by atoms with van der Waals surface area (Å²) in [7, 11) is 0. The molecule has 3 aromatic carbocycles. The van der Waals surface area contributed by atoms with Crippen LogP contribution in [0.2, 0.25) is 0 Å². The van der Waals surface area contributed by atoms with E-state index in [0.717, 1.165) is 18.2 Å². The van der Waals surface area contributed by atoms with E-state index in [-0.39, 0.29) is 17.2 Å². The maximum atomic E-state index is 11.9. The van der Waals surface area contributed by atoms with Crippen LogP contribution in [-0.2, 0) is 14.4 Å². The van der Waals surface area contributed by atoms with Crippen molar-refractivity contribution in [3.05, 3.63) is 117 Å². The van der Waals surface area contributed by atoms with Gasteiger partial charge in [0.05, 0.1) is 21.5 Å². The zero-order valence-electron chi connectivity index (χ0n) is 19.9. The van der Waals surface area contributed by atoms with E-state index in [1.165, 1.54) is 6.07 Å². The number of anilines is 2. The molecule has 12 nitrogen and oxygen atoms in total. The third-order valence-electron chi connectivity index (χ3n) is 4.93. The van der Waals surface area contributed by atoms with Gasteiger partial charge in [0.25, 0.3) is 23.2 Å². The Morgan fingerprint density at radius 3 is 2.16 bits per heavy atom. The molecule has 0 saturated heterocycles. The van der Waals surface area contributed by atoms with Crippen molar-refractivity contribution >= 4 is 46.1 Å². The maximum absolute atomic E-state index is 11.9. The molecule has 0 fully saturated rings. The molecule has 1 heterocycles. The Morgan fingerprint density at radius 1 is 0.921 bits per heavy atom. The average Bonchev–Trinajstić information content (AvgIpc) is 3.22. The Labute approximate surface area is 215 Å². The molecule has 192 valence electrons. The highest BCUT2D eigenvalue weighted by molar-refractivity contribution is 6.34. The van der Waals surface area contributed by atoms with Crippen LogP contribution in [0.3, 0.4) is 0 Å². The molecule has 0 aromatic heterocycles. The first-order valence-corrected chi connectivity index (χ1v) is 10.9. The third kappa shape index (κ3) is 6.73. The number of non-ortho nitro benzene ring substituents is 1. The van der Waals surface area contributed by atoms with Gasteiger partial charge in [-0.1, -0.05) is 43.0 Å². The van der Waals surface area contributed by atoms with E-state index in [1.807, 2.05) is 6.07 Å². The number of ether oxygens (including phenoxy) is 1. The molecule has 0 aliphatic carbocycles. The lowest BCUT2D eigenvalue weighted by molar-refractivity contribution is -0.393. The lowest BCUT2D eigenvalue weighted by atomic mass is 10.0. The summed E-state index contributed by atoms with van der Waals surface area (Å²) in [6, 6.07) is 18.5. The molecule has 0 bridgehead atoms. The predicted molar refractivity (Wildman–Crippen MR) is 137 cm³/mol. The van der Waals surface area contributed by atoms with Crippen LogP contribution in [0.4, 0.5) is 22.7 Å². The zero-order chi connectivity index (χ0) is 27.8. The van der Waals surface area contributed by atoms with E-state index in [9.17, 15) is 34.6 Å². The molecule has 0 unspecified atom stereocenters. The molecular formula is C26H20N4O8. The van der Waals surface area contributed by atoms with Crippen LogP contribution in [0.5, 0.6) is 5.75 Å². The van der Waals surface area contributed by atoms with E-state index in [0.29, 0.717) is 22.6 Å². The van der Waals surface area contributed by atoms with Gasteiger partial charge in [0.1, 0.15) is 11.4 Å². The van der Waals surface area contributed by atoms with Gasteiger partial charge < -0.3 is 10.1 Å². The summed E-state index contributed by atoms with van der Waals surface area (Å²) in [5.41, 5.74) is 0.317. The van der Waals surface area contributed by atoms with Gasteiger partial charge in [0, 0.05) is 29.0 Å². The van der Waals surface area contributed by atoms with Crippen LogP contribution in [0.15, 0.2) is 91.0 Å². The number of amides is 2. The van der Waals surface area contributed by atoms with Crippen molar-refractivity contribution in [1.82, 2.24) is 5.32 Å². The minimum atomic E-state index is -0.747. The van der Waals surface area contributed by atoms with Gasteiger partial charge in [-0.2, -0.15) is 0 Å². The fraction of sp³-hybridized carbons (Fsp3) is 0.0385. The average molecular weight is 516 g/mol. The van der Waals surface area contributed by atoms with Crippen molar-refractivity contribution in [2.24, 2.45) is 0 Å². The molecule has 1 aliphatic rings. The monoisotopic (exact) mass is 516 g/mol. The summed E-state index contributed by atoms with van der Waals surface area (Å²) in [5, 5.41) is 27.0. The third-order valence-corrected chi connectivity index (χ3v) is 4.93. The van der Waals surface area contributed by atoms with E-state index in [1.54, 1.807) is 55.5 Å². The first-order valence-electron chi connectivity index (χ1n) is 10.9. The molecule has 0 saturated carbocycles. The van der Waals surface area contributed by atoms with Crippen LogP contribution in [0, 0.1) is 20.2 Å². The van der Waals surface area contributed by atoms with Gasteiger partial charge in [0.15, 0.2) is 0 Å². The standard InChI is InChI=1S/C16H10N4O6.C10H10O2/c21-15-8-11(16(22)18-15)10-3-1-2-4-12(10)17-13-6-5-9(19(23)24)7-14(13)20(25)26;1-8(2)10(11)12-9-6-4-3-5-7-9/h1-8,17H,(H,18,21,22);3-7H,1H2,2H3. The Kier molecular flexibility index (Phi) is 8.41. The number of benzene rings is 3. The number of imide groups is 1. The number of esters is 1. The topological polar surface area (TPSA) is 171 Å². The second kappa shape index (κ2) is 11.9. The van der Waals surface area contributed by atoms with Gasteiger partial charge in [-0.05, 0) is 31.2 Å². The summed E-state index contributed by atoms with van der Waals surface area (Å²) in [6.07, 6.45) is 1.13. The highest BCUT2D eigenvalue weighted by Crippen LogP contribution is 2.34. The van der Waals surface area contributed by atoms with Gasteiger partial charge in [-0.3, -0.25) is 35.1 Å². The SMILES string of the molecule is C=C(C)C(=O)Oc1ccccc1.O=C1C=C(c2ccccc2Nc2ccc([N+](=O)[O-])cc2[N+](=O)[O-])C(=O)N1. The lowest BCUT2D eigenvalue weighted by Gasteiger charge is -2.12. The summed E-state index contributed by atoms with van der Waals surface area (Å²) in [6.45, 7) is 5.09. The number of carbonyl (C=O) groups excluding carboxylic acids is 3. The molecule has 2 N–H and O–H groups in total. The number of nitro benzene ring substituents is 2. The van der Waals surface area contributed by atoms with Crippen molar-refractivity contribution in [2.45, 2.75) is 6.92 Å². The quantitative estimate of drug-likeness (QED) is 0.115. The number of nitrogens with one attached hydrogen (secondary N) is 2. The second-order valence-corrected chi connectivity index (χ2v) is 7.75. The molecule has 38 heavy (non-hydrogen) atoms.